The van der Waals surface area contributed by atoms with Crippen molar-refractivity contribution in [1.29, 1.82) is 0 Å². The van der Waals surface area contributed by atoms with Gasteiger partial charge in [0.25, 0.3) is 0 Å². The van der Waals surface area contributed by atoms with Gasteiger partial charge in [0.05, 0.1) is 18.6 Å². The van der Waals surface area contributed by atoms with Crippen molar-refractivity contribution < 1.29 is 27.5 Å². The summed E-state index contributed by atoms with van der Waals surface area (Å²) >= 11 is 0. The molecule has 1 aliphatic rings. The summed E-state index contributed by atoms with van der Waals surface area (Å²) in [7, 11) is -0.543. The van der Waals surface area contributed by atoms with E-state index in [2.05, 4.69) is 4.74 Å². The maximum atomic E-state index is 11.8. The number of carbonyl (C=O) groups excluding carboxylic acids is 2. The van der Waals surface area contributed by atoms with Gasteiger partial charge in [-0.05, 0) is 6.42 Å². The second-order valence-electron chi connectivity index (χ2n) is 4.09. The number of ether oxygens (including phenoxy) is 2. The van der Waals surface area contributed by atoms with Crippen LogP contribution in [-0.2, 0) is 28.9 Å². The highest BCUT2D eigenvalue weighted by Gasteiger charge is 2.35. The molecular formula is C10H17NO6S. The number of hydrogen-bond acceptors (Lipinski definition) is 6. The Morgan fingerprint density at radius 1 is 1.33 bits per heavy atom. The third-order valence-electron chi connectivity index (χ3n) is 2.76. The van der Waals surface area contributed by atoms with Crippen LogP contribution in [0, 0.1) is 0 Å². The summed E-state index contributed by atoms with van der Waals surface area (Å²) < 4.78 is 32.0. The van der Waals surface area contributed by atoms with Crippen molar-refractivity contribution in [2.75, 3.05) is 38.9 Å². The molecule has 0 unspecified atom stereocenters. The van der Waals surface area contributed by atoms with Crippen LogP contribution < -0.4 is 0 Å². The molecule has 1 aliphatic heterocycles. The molecule has 0 saturated carbocycles. The number of sulfone groups is 1. The second-order valence-corrected chi connectivity index (χ2v) is 6.32. The minimum atomic E-state index is -3.12. The van der Waals surface area contributed by atoms with E-state index in [9.17, 15) is 18.0 Å². The standard InChI is InChI=1S/C10H17NO6S/c1-16-6-9(12)11(5-10(13)17-2)8-3-4-18(14,15)7-8/h8H,3-7H2,1-2H3/t8-/m1/s1. The third kappa shape index (κ3) is 3.95. The van der Waals surface area contributed by atoms with Crippen molar-refractivity contribution in [3.05, 3.63) is 0 Å². The molecule has 0 radical (unpaired) electrons. The van der Waals surface area contributed by atoms with Crippen LogP contribution in [0.5, 0.6) is 0 Å². The molecule has 1 heterocycles. The first kappa shape index (κ1) is 14.9. The molecule has 0 aromatic heterocycles. The van der Waals surface area contributed by atoms with Crippen LogP contribution in [0.3, 0.4) is 0 Å². The van der Waals surface area contributed by atoms with Gasteiger partial charge in [-0.3, -0.25) is 9.59 Å². The zero-order chi connectivity index (χ0) is 13.8. The van der Waals surface area contributed by atoms with Crippen LogP contribution in [0.15, 0.2) is 0 Å². The molecular weight excluding hydrogens is 262 g/mol. The van der Waals surface area contributed by atoms with Crippen molar-refractivity contribution >= 4 is 21.7 Å². The van der Waals surface area contributed by atoms with E-state index < -0.39 is 27.8 Å². The minimum Gasteiger partial charge on any atom is -0.468 e. The average molecular weight is 279 g/mol. The highest BCUT2D eigenvalue weighted by atomic mass is 32.2. The molecule has 1 fully saturated rings. The molecule has 104 valence electrons. The topological polar surface area (TPSA) is 90.0 Å². The Hall–Kier alpha value is -1.15. The predicted molar refractivity (Wildman–Crippen MR) is 62.7 cm³/mol. The van der Waals surface area contributed by atoms with Crippen LogP contribution in [0.25, 0.3) is 0 Å². The van der Waals surface area contributed by atoms with E-state index in [1.54, 1.807) is 0 Å². The lowest BCUT2D eigenvalue weighted by Crippen LogP contribution is -2.46. The van der Waals surface area contributed by atoms with Gasteiger partial charge >= 0.3 is 5.97 Å². The molecule has 0 aromatic carbocycles. The molecule has 0 spiro atoms. The van der Waals surface area contributed by atoms with Gasteiger partial charge in [0, 0.05) is 13.2 Å². The van der Waals surface area contributed by atoms with Crippen LogP contribution in [-0.4, -0.2) is 70.1 Å². The lowest BCUT2D eigenvalue weighted by atomic mass is 10.2. The van der Waals surface area contributed by atoms with Crippen LogP contribution in [0.1, 0.15) is 6.42 Å². The SMILES string of the molecule is COCC(=O)N(CC(=O)OC)[C@@H]1CCS(=O)(=O)C1. The summed E-state index contributed by atoms with van der Waals surface area (Å²) in [6.45, 7) is -0.438. The molecule has 1 saturated heterocycles. The van der Waals surface area contributed by atoms with Gasteiger partial charge in [0.1, 0.15) is 13.2 Å². The predicted octanol–water partition coefficient (Wildman–Crippen LogP) is -1.18. The molecule has 1 amide bonds. The molecule has 8 heteroatoms. The monoisotopic (exact) mass is 279 g/mol. The van der Waals surface area contributed by atoms with E-state index in [0.717, 1.165) is 0 Å². The zero-order valence-corrected chi connectivity index (χ0v) is 11.2. The van der Waals surface area contributed by atoms with Gasteiger partial charge in [-0.2, -0.15) is 0 Å². The second kappa shape index (κ2) is 6.14. The van der Waals surface area contributed by atoms with Crippen LogP contribution >= 0.6 is 0 Å². The van der Waals surface area contributed by atoms with Gasteiger partial charge in [0.15, 0.2) is 9.84 Å². The Bertz CT molecular complexity index is 418. The largest absolute Gasteiger partial charge is 0.468 e. The molecule has 1 atom stereocenters. The fourth-order valence-electron chi connectivity index (χ4n) is 1.85. The van der Waals surface area contributed by atoms with E-state index in [-0.39, 0.29) is 24.7 Å². The van der Waals surface area contributed by atoms with E-state index in [0.29, 0.717) is 6.42 Å². The fourth-order valence-corrected chi connectivity index (χ4v) is 3.58. The number of esters is 1. The van der Waals surface area contributed by atoms with Gasteiger partial charge in [-0.25, -0.2) is 8.42 Å². The molecule has 0 aliphatic carbocycles. The van der Waals surface area contributed by atoms with Gasteiger partial charge in [-0.15, -0.1) is 0 Å². The summed E-state index contributed by atoms with van der Waals surface area (Å²) in [5.74, 6) is -1.07. The van der Waals surface area contributed by atoms with Gasteiger partial charge < -0.3 is 14.4 Å². The van der Waals surface area contributed by atoms with Crippen molar-refractivity contribution in [2.24, 2.45) is 0 Å². The highest BCUT2D eigenvalue weighted by molar-refractivity contribution is 7.91. The van der Waals surface area contributed by atoms with Crippen LogP contribution in [0.4, 0.5) is 0 Å². The summed E-state index contributed by atoms with van der Waals surface area (Å²) in [5.41, 5.74) is 0. The van der Waals surface area contributed by atoms with E-state index in [1.807, 2.05) is 0 Å². The van der Waals surface area contributed by atoms with Gasteiger partial charge in [0.2, 0.25) is 5.91 Å². The number of carbonyl (C=O) groups is 2. The average Bonchev–Trinajstić information content (AvgIpc) is 2.66. The molecule has 0 N–H and O–H groups in total. The molecule has 0 aromatic rings. The first-order chi connectivity index (χ1) is 8.39. The third-order valence-corrected chi connectivity index (χ3v) is 4.51. The lowest BCUT2D eigenvalue weighted by Gasteiger charge is -2.26. The van der Waals surface area contributed by atoms with Crippen molar-refractivity contribution in [1.82, 2.24) is 4.90 Å². The Kier molecular flexibility index (Phi) is 5.09. The smallest absolute Gasteiger partial charge is 0.325 e. The molecule has 1 rings (SSSR count). The Morgan fingerprint density at radius 3 is 2.44 bits per heavy atom. The minimum absolute atomic E-state index is 0.0373. The maximum absolute atomic E-state index is 11.8. The zero-order valence-electron chi connectivity index (χ0n) is 10.4. The Morgan fingerprint density at radius 2 is 2.00 bits per heavy atom. The summed E-state index contributed by atoms with van der Waals surface area (Å²) in [4.78, 5) is 24.3. The lowest BCUT2D eigenvalue weighted by molar-refractivity contribution is -0.149. The summed E-state index contributed by atoms with van der Waals surface area (Å²) in [6, 6.07) is -0.475. The normalized spacial score (nSPS) is 21.6. The first-order valence-electron chi connectivity index (χ1n) is 5.45. The van der Waals surface area contributed by atoms with E-state index >= 15 is 0 Å². The highest BCUT2D eigenvalue weighted by Crippen LogP contribution is 2.18. The van der Waals surface area contributed by atoms with Crippen molar-refractivity contribution in [3.63, 3.8) is 0 Å². The molecule has 0 bridgehead atoms. The summed E-state index contributed by atoms with van der Waals surface area (Å²) in [6.07, 6.45) is 0.342. The number of methoxy groups -OCH3 is 2. The van der Waals surface area contributed by atoms with E-state index in [4.69, 9.17) is 4.74 Å². The fraction of sp³-hybridized carbons (Fsp3) is 0.800. The van der Waals surface area contributed by atoms with E-state index in [1.165, 1.54) is 19.1 Å². The number of hydrogen-bond donors (Lipinski definition) is 0. The maximum Gasteiger partial charge on any atom is 0.325 e. The van der Waals surface area contributed by atoms with Crippen molar-refractivity contribution in [2.45, 2.75) is 12.5 Å². The quantitative estimate of drug-likeness (QED) is 0.589. The molecule has 7 nitrogen and oxygen atoms in total. The van der Waals surface area contributed by atoms with Gasteiger partial charge in [-0.1, -0.05) is 0 Å². The van der Waals surface area contributed by atoms with Crippen molar-refractivity contribution in [3.8, 4) is 0 Å². The van der Waals surface area contributed by atoms with Crippen LogP contribution in [0.2, 0.25) is 0 Å². The number of rotatable bonds is 5. The first-order valence-corrected chi connectivity index (χ1v) is 7.27. The molecule has 18 heavy (non-hydrogen) atoms. The number of nitrogens with zero attached hydrogens (tertiary/aromatic N) is 1. The number of amides is 1. The Labute approximate surface area is 106 Å². The summed E-state index contributed by atoms with van der Waals surface area (Å²) in [5, 5.41) is 0. The Balaban J connectivity index is 2.77.